The molecule has 1 aliphatic heterocycles. The molecule has 27 heavy (non-hydrogen) atoms. The number of nitrogens with zero attached hydrogens (tertiary/aromatic N) is 2. The van der Waals surface area contributed by atoms with E-state index in [0.717, 1.165) is 37.1 Å². The van der Waals surface area contributed by atoms with Gasteiger partial charge in [0.25, 0.3) is 0 Å². The summed E-state index contributed by atoms with van der Waals surface area (Å²) in [7, 11) is 0. The molecule has 8 heteroatoms. The molecule has 0 bridgehead atoms. The molecule has 1 aromatic heterocycles. The fraction of sp³-hybridized carbons (Fsp3) is 0.737. The molecule has 3 N–H and O–H groups in total. The molecule has 1 aromatic rings. The fourth-order valence-electron chi connectivity index (χ4n) is 4.89. The maximum atomic E-state index is 13.1. The van der Waals surface area contributed by atoms with Crippen molar-refractivity contribution in [3.05, 3.63) is 17.8 Å². The Balaban J connectivity index is 1.39. The third-order valence-corrected chi connectivity index (χ3v) is 6.13. The van der Waals surface area contributed by atoms with Crippen LogP contribution in [0.2, 0.25) is 0 Å². The van der Waals surface area contributed by atoms with Crippen LogP contribution in [0.25, 0.3) is 0 Å². The van der Waals surface area contributed by atoms with E-state index in [4.69, 9.17) is 10.5 Å². The number of aryl methyl sites for hydroxylation is 1. The van der Waals surface area contributed by atoms with Gasteiger partial charge in [-0.05, 0) is 57.1 Å². The van der Waals surface area contributed by atoms with Gasteiger partial charge in [-0.2, -0.15) is 13.2 Å². The van der Waals surface area contributed by atoms with Crippen LogP contribution >= 0.6 is 0 Å². The molecule has 5 nitrogen and oxygen atoms in total. The van der Waals surface area contributed by atoms with Crippen molar-refractivity contribution in [2.24, 2.45) is 11.1 Å². The number of rotatable bonds is 3. The van der Waals surface area contributed by atoms with Crippen molar-refractivity contribution in [3.63, 3.8) is 0 Å². The van der Waals surface area contributed by atoms with E-state index in [1.807, 2.05) is 13.0 Å². The monoisotopic (exact) mass is 384 g/mol. The van der Waals surface area contributed by atoms with Crippen LogP contribution in [0.1, 0.15) is 38.3 Å². The lowest BCUT2D eigenvalue weighted by atomic mass is 9.52. The lowest BCUT2D eigenvalue weighted by Gasteiger charge is -2.57. The smallest absolute Gasteiger partial charge is 0.381 e. The standard InChI is InChI=1S/C19H27F3N4O/c1-11-9-26(10-16(27-11)19(20,21)22)17-4-3-15(12(2)24-17)25-14-7-18(8-14)5-13(23)6-18/h3-4,11,13-14,16,25H,5-10,23H2,1-2H3. The second-order valence-corrected chi connectivity index (χ2v) is 8.60. The summed E-state index contributed by atoms with van der Waals surface area (Å²) in [6.07, 6.45) is -2.13. The third-order valence-electron chi connectivity index (χ3n) is 6.13. The van der Waals surface area contributed by atoms with Crippen molar-refractivity contribution < 1.29 is 17.9 Å². The number of halogens is 3. The highest BCUT2D eigenvalue weighted by Crippen LogP contribution is 2.55. The topological polar surface area (TPSA) is 63.4 Å². The summed E-state index contributed by atoms with van der Waals surface area (Å²) in [6.45, 7) is 3.73. The number of anilines is 2. The largest absolute Gasteiger partial charge is 0.416 e. The van der Waals surface area contributed by atoms with Gasteiger partial charge in [-0.15, -0.1) is 0 Å². The molecule has 4 rings (SSSR count). The molecule has 0 amide bonds. The highest BCUT2D eigenvalue weighted by atomic mass is 19.4. The lowest BCUT2D eigenvalue weighted by molar-refractivity contribution is -0.233. The molecule has 1 spiro atoms. The second-order valence-electron chi connectivity index (χ2n) is 8.60. The van der Waals surface area contributed by atoms with Crippen LogP contribution in [0.3, 0.4) is 0 Å². The SMILES string of the molecule is Cc1nc(N2CC(C)OC(C(F)(F)F)C2)ccc1NC1CC2(CC(N)C2)C1. The van der Waals surface area contributed by atoms with E-state index in [1.54, 1.807) is 17.9 Å². The van der Waals surface area contributed by atoms with Gasteiger partial charge < -0.3 is 20.7 Å². The molecule has 2 aliphatic carbocycles. The highest BCUT2D eigenvalue weighted by molar-refractivity contribution is 5.54. The molecular formula is C19H27F3N4O. The normalized spacial score (nSPS) is 36.3. The average Bonchev–Trinajstić information content (AvgIpc) is 2.51. The first-order valence-electron chi connectivity index (χ1n) is 9.60. The Labute approximate surface area is 157 Å². The molecule has 3 fully saturated rings. The Bertz CT molecular complexity index is 697. The number of pyridine rings is 1. The summed E-state index contributed by atoms with van der Waals surface area (Å²) in [6, 6.07) is 4.53. The van der Waals surface area contributed by atoms with E-state index >= 15 is 0 Å². The molecule has 2 atom stereocenters. The first kappa shape index (κ1) is 18.8. The maximum absolute atomic E-state index is 13.1. The average molecular weight is 384 g/mol. The minimum atomic E-state index is -4.37. The van der Waals surface area contributed by atoms with Gasteiger partial charge in [0.1, 0.15) is 5.82 Å². The summed E-state index contributed by atoms with van der Waals surface area (Å²) in [5.74, 6) is 0.567. The number of nitrogens with two attached hydrogens (primary N) is 1. The zero-order valence-electron chi connectivity index (χ0n) is 15.7. The van der Waals surface area contributed by atoms with Gasteiger partial charge in [0, 0.05) is 18.6 Å². The summed E-state index contributed by atoms with van der Waals surface area (Å²) in [4.78, 5) is 6.23. The number of hydrogen-bond donors (Lipinski definition) is 2. The van der Waals surface area contributed by atoms with Crippen molar-refractivity contribution in [1.29, 1.82) is 0 Å². The zero-order chi connectivity index (χ0) is 19.4. The summed E-state index contributed by atoms with van der Waals surface area (Å²) >= 11 is 0. The number of nitrogens with one attached hydrogen (secondary N) is 1. The molecule has 0 radical (unpaired) electrons. The van der Waals surface area contributed by atoms with Crippen molar-refractivity contribution in [1.82, 2.24) is 4.98 Å². The van der Waals surface area contributed by atoms with E-state index in [2.05, 4.69) is 10.3 Å². The Morgan fingerprint density at radius 3 is 2.52 bits per heavy atom. The Morgan fingerprint density at radius 2 is 1.93 bits per heavy atom. The van der Waals surface area contributed by atoms with Crippen LogP contribution in [0.5, 0.6) is 0 Å². The first-order valence-corrected chi connectivity index (χ1v) is 9.60. The molecule has 0 aromatic carbocycles. The lowest BCUT2D eigenvalue weighted by Crippen LogP contribution is -2.57. The van der Waals surface area contributed by atoms with Crippen LogP contribution in [0.4, 0.5) is 24.7 Å². The van der Waals surface area contributed by atoms with Crippen LogP contribution < -0.4 is 16.0 Å². The summed E-state index contributed by atoms with van der Waals surface area (Å²) in [5.41, 5.74) is 8.12. The minimum absolute atomic E-state index is 0.224. The van der Waals surface area contributed by atoms with Gasteiger partial charge in [0.15, 0.2) is 6.10 Å². The molecule has 2 saturated carbocycles. The second kappa shape index (κ2) is 6.51. The number of hydrogen-bond acceptors (Lipinski definition) is 5. The first-order chi connectivity index (χ1) is 12.6. The molecule has 2 unspecified atom stereocenters. The molecule has 2 heterocycles. The van der Waals surface area contributed by atoms with Crippen LogP contribution in [0, 0.1) is 12.3 Å². The van der Waals surface area contributed by atoms with Crippen molar-refractivity contribution in [2.75, 3.05) is 23.3 Å². The van der Waals surface area contributed by atoms with Gasteiger partial charge >= 0.3 is 6.18 Å². The van der Waals surface area contributed by atoms with Gasteiger partial charge in [0.05, 0.1) is 24.0 Å². The summed E-state index contributed by atoms with van der Waals surface area (Å²) < 4.78 is 44.3. The van der Waals surface area contributed by atoms with E-state index in [1.165, 1.54) is 0 Å². The predicted molar refractivity (Wildman–Crippen MR) is 97.9 cm³/mol. The maximum Gasteiger partial charge on any atom is 0.416 e. The predicted octanol–water partition coefficient (Wildman–Crippen LogP) is 3.23. The molecule has 150 valence electrons. The molecular weight excluding hydrogens is 357 g/mol. The summed E-state index contributed by atoms with van der Waals surface area (Å²) in [5, 5.41) is 3.53. The quantitative estimate of drug-likeness (QED) is 0.838. The zero-order valence-corrected chi connectivity index (χ0v) is 15.7. The van der Waals surface area contributed by atoms with Gasteiger partial charge in [0.2, 0.25) is 0 Å². The van der Waals surface area contributed by atoms with Gasteiger partial charge in [-0.1, -0.05) is 0 Å². The number of ether oxygens (including phenoxy) is 1. The van der Waals surface area contributed by atoms with E-state index < -0.39 is 18.4 Å². The third kappa shape index (κ3) is 3.74. The van der Waals surface area contributed by atoms with Gasteiger partial charge in [-0.25, -0.2) is 4.98 Å². The van der Waals surface area contributed by atoms with E-state index in [0.29, 0.717) is 29.9 Å². The fourth-order valence-corrected chi connectivity index (χ4v) is 4.89. The number of aromatic nitrogens is 1. The highest BCUT2D eigenvalue weighted by Gasteiger charge is 2.51. The minimum Gasteiger partial charge on any atom is -0.381 e. The molecule has 3 aliphatic rings. The number of alkyl halides is 3. The Kier molecular flexibility index (Phi) is 4.54. The van der Waals surface area contributed by atoms with Crippen molar-refractivity contribution >= 4 is 11.5 Å². The number of morpholine rings is 1. The van der Waals surface area contributed by atoms with E-state index in [-0.39, 0.29) is 6.54 Å². The Hall–Kier alpha value is -1.54. The van der Waals surface area contributed by atoms with E-state index in [9.17, 15) is 13.2 Å². The van der Waals surface area contributed by atoms with Crippen LogP contribution in [-0.4, -0.2) is 48.5 Å². The van der Waals surface area contributed by atoms with Crippen molar-refractivity contribution in [2.45, 2.75) is 70.0 Å². The van der Waals surface area contributed by atoms with Crippen LogP contribution in [-0.2, 0) is 4.74 Å². The Morgan fingerprint density at radius 1 is 1.22 bits per heavy atom. The van der Waals surface area contributed by atoms with Crippen LogP contribution in [0.15, 0.2) is 12.1 Å². The molecule has 1 saturated heterocycles. The van der Waals surface area contributed by atoms with Gasteiger partial charge in [-0.3, -0.25) is 0 Å². The van der Waals surface area contributed by atoms with Crippen molar-refractivity contribution in [3.8, 4) is 0 Å².